The second kappa shape index (κ2) is 10.9. The van der Waals surface area contributed by atoms with Gasteiger partial charge in [-0.25, -0.2) is 0 Å². The Morgan fingerprint density at radius 2 is 0.945 bits per heavy atom. The van der Waals surface area contributed by atoms with Gasteiger partial charge in [0.2, 0.25) is 0 Å². The molecule has 4 aliphatic rings. The van der Waals surface area contributed by atoms with Crippen molar-refractivity contribution in [3.63, 3.8) is 0 Å². The normalized spacial score (nSPS) is 14.9. The zero-order chi connectivity index (χ0) is 36.5. The minimum atomic E-state index is -0.457. The number of para-hydroxylation sites is 1. The van der Waals surface area contributed by atoms with E-state index in [9.17, 15) is 0 Å². The second-order valence-electron chi connectivity index (χ2n) is 15.6. The number of nitrogens with zero attached hydrogens (tertiary/aromatic N) is 1. The van der Waals surface area contributed by atoms with Crippen LogP contribution in [0.2, 0.25) is 0 Å². The fourth-order valence-corrected chi connectivity index (χ4v) is 10.3. The first-order valence-corrected chi connectivity index (χ1v) is 19.1. The number of benzene rings is 8. The molecule has 1 spiro atoms. The molecular formula is C52H35NO2. The molecule has 1 heterocycles. The van der Waals surface area contributed by atoms with Crippen LogP contribution in [0.1, 0.15) is 47.2 Å². The van der Waals surface area contributed by atoms with Crippen LogP contribution < -0.4 is 14.4 Å². The molecule has 8 aromatic rings. The van der Waals surface area contributed by atoms with Crippen LogP contribution in [0.3, 0.4) is 0 Å². The third kappa shape index (κ3) is 3.89. The van der Waals surface area contributed by atoms with E-state index in [1.165, 1.54) is 61.2 Å². The van der Waals surface area contributed by atoms with E-state index >= 15 is 0 Å². The Balaban J connectivity index is 1.05. The molecule has 0 saturated carbocycles. The SMILES string of the molecule is CC1(C)c2ccccc2-c2c(N(c3ccccc3)c3ccc4c(c3)Oc3c(ccc5c3-c3ccccc3C53c5ccccc5-c5ccccc53)O4)cccc21. The molecule has 3 aliphatic carbocycles. The maximum atomic E-state index is 7.15. The summed E-state index contributed by atoms with van der Waals surface area (Å²) < 4.78 is 13.9. The lowest BCUT2D eigenvalue weighted by Crippen LogP contribution is -2.25. The molecule has 0 atom stereocenters. The number of anilines is 3. The Morgan fingerprint density at radius 1 is 0.382 bits per heavy atom. The van der Waals surface area contributed by atoms with Crippen LogP contribution in [0.5, 0.6) is 23.0 Å². The number of ether oxygens (including phenoxy) is 2. The van der Waals surface area contributed by atoms with E-state index < -0.39 is 5.41 Å². The van der Waals surface area contributed by atoms with Crippen LogP contribution in [0, 0.1) is 0 Å². The van der Waals surface area contributed by atoms with Crippen molar-refractivity contribution in [1.82, 2.24) is 0 Å². The van der Waals surface area contributed by atoms with E-state index in [-0.39, 0.29) is 5.41 Å². The summed E-state index contributed by atoms with van der Waals surface area (Å²) in [5.74, 6) is 2.88. The molecule has 8 aromatic carbocycles. The lowest BCUT2D eigenvalue weighted by molar-refractivity contribution is 0.360. The third-order valence-corrected chi connectivity index (χ3v) is 12.5. The highest BCUT2D eigenvalue weighted by atomic mass is 16.6. The van der Waals surface area contributed by atoms with Gasteiger partial charge in [-0.1, -0.05) is 147 Å². The Hall–Kier alpha value is -6.84. The van der Waals surface area contributed by atoms with Gasteiger partial charge < -0.3 is 14.4 Å². The van der Waals surface area contributed by atoms with Crippen LogP contribution in [0.15, 0.2) is 176 Å². The van der Waals surface area contributed by atoms with Gasteiger partial charge in [-0.3, -0.25) is 0 Å². The summed E-state index contributed by atoms with van der Waals surface area (Å²) in [5.41, 5.74) is 17.8. The number of hydrogen-bond donors (Lipinski definition) is 0. The van der Waals surface area contributed by atoms with Crippen molar-refractivity contribution in [2.24, 2.45) is 0 Å². The summed E-state index contributed by atoms with van der Waals surface area (Å²) in [6.45, 7) is 4.67. The molecule has 12 rings (SSSR count). The Kier molecular flexibility index (Phi) is 6.05. The van der Waals surface area contributed by atoms with Gasteiger partial charge in [0.05, 0.1) is 16.8 Å². The molecule has 0 amide bonds. The highest BCUT2D eigenvalue weighted by Crippen LogP contribution is 2.66. The number of rotatable bonds is 3. The van der Waals surface area contributed by atoms with Crippen molar-refractivity contribution in [1.29, 1.82) is 0 Å². The molecule has 3 nitrogen and oxygen atoms in total. The van der Waals surface area contributed by atoms with Crippen LogP contribution in [-0.4, -0.2) is 0 Å². The molecule has 0 radical (unpaired) electrons. The van der Waals surface area contributed by atoms with E-state index in [1.807, 2.05) is 0 Å². The maximum Gasteiger partial charge on any atom is 0.178 e. The van der Waals surface area contributed by atoms with Crippen LogP contribution in [-0.2, 0) is 10.8 Å². The minimum absolute atomic E-state index is 0.116. The van der Waals surface area contributed by atoms with E-state index in [0.29, 0.717) is 11.5 Å². The minimum Gasteiger partial charge on any atom is -0.449 e. The molecule has 0 fully saturated rings. The lowest BCUT2D eigenvalue weighted by Gasteiger charge is -2.31. The van der Waals surface area contributed by atoms with Crippen molar-refractivity contribution in [3.05, 3.63) is 209 Å². The van der Waals surface area contributed by atoms with E-state index in [2.05, 4.69) is 195 Å². The van der Waals surface area contributed by atoms with Gasteiger partial charge in [-0.15, -0.1) is 0 Å². The standard InChI is InChI=1S/C52H35NO2/c1-51(2)38-21-10-8-19-36(38)48-42(51)25-14-26-44(48)53(32-15-4-3-5-16-32)33-27-29-45-47(31-33)55-50-46(54-45)30-28-43-49(50)37-20-9-13-24-41(37)52(43)39-22-11-6-17-34(39)35-18-7-12-23-40(35)52/h3-31H,1-2H3. The van der Waals surface area contributed by atoms with Crippen molar-refractivity contribution < 1.29 is 9.47 Å². The zero-order valence-electron chi connectivity index (χ0n) is 30.5. The quantitative estimate of drug-likeness (QED) is 0.183. The first-order chi connectivity index (χ1) is 27.0. The van der Waals surface area contributed by atoms with E-state index in [4.69, 9.17) is 9.47 Å². The van der Waals surface area contributed by atoms with Gasteiger partial charge in [0.15, 0.2) is 23.0 Å². The Morgan fingerprint density at radius 3 is 1.65 bits per heavy atom. The van der Waals surface area contributed by atoms with Crippen molar-refractivity contribution in [3.8, 4) is 56.4 Å². The average molecular weight is 706 g/mol. The van der Waals surface area contributed by atoms with Gasteiger partial charge in [0.1, 0.15) is 0 Å². The third-order valence-electron chi connectivity index (χ3n) is 12.5. The largest absolute Gasteiger partial charge is 0.449 e. The zero-order valence-corrected chi connectivity index (χ0v) is 30.5. The molecule has 0 bridgehead atoms. The smallest absolute Gasteiger partial charge is 0.178 e. The molecule has 55 heavy (non-hydrogen) atoms. The fourth-order valence-electron chi connectivity index (χ4n) is 10.3. The van der Waals surface area contributed by atoms with Gasteiger partial charge in [-0.05, 0) is 92.0 Å². The summed E-state index contributed by atoms with van der Waals surface area (Å²) in [5, 5.41) is 0. The van der Waals surface area contributed by atoms with Crippen molar-refractivity contribution in [2.45, 2.75) is 24.7 Å². The van der Waals surface area contributed by atoms with Crippen molar-refractivity contribution >= 4 is 17.1 Å². The molecule has 0 saturated heterocycles. The molecule has 260 valence electrons. The van der Waals surface area contributed by atoms with E-state index in [0.717, 1.165) is 34.1 Å². The van der Waals surface area contributed by atoms with Gasteiger partial charge in [-0.2, -0.15) is 0 Å². The summed E-state index contributed by atoms with van der Waals surface area (Å²) in [4.78, 5) is 2.36. The molecular weight excluding hydrogens is 671 g/mol. The first-order valence-electron chi connectivity index (χ1n) is 19.1. The van der Waals surface area contributed by atoms with Crippen LogP contribution >= 0.6 is 0 Å². The van der Waals surface area contributed by atoms with Gasteiger partial charge >= 0.3 is 0 Å². The summed E-state index contributed by atoms with van der Waals surface area (Å²) in [6.07, 6.45) is 0. The molecule has 1 aliphatic heterocycles. The lowest BCUT2D eigenvalue weighted by atomic mass is 9.70. The molecule has 0 unspecified atom stereocenters. The highest BCUT2D eigenvalue weighted by Gasteiger charge is 2.53. The summed E-state index contributed by atoms with van der Waals surface area (Å²) in [6, 6.07) is 63.5. The topological polar surface area (TPSA) is 21.7 Å². The van der Waals surface area contributed by atoms with Crippen molar-refractivity contribution in [2.75, 3.05) is 4.90 Å². The van der Waals surface area contributed by atoms with Crippen LogP contribution in [0.4, 0.5) is 17.1 Å². The first kappa shape index (κ1) is 30.6. The van der Waals surface area contributed by atoms with Crippen LogP contribution in [0.25, 0.3) is 33.4 Å². The predicted molar refractivity (Wildman–Crippen MR) is 222 cm³/mol. The fraction of sp³-hybridized carbons (Fsp3) is 0.0769. The predicted octanol–water partition coefficient (Wildman–Crippen LogP) is 13.7. The maximum absolute atomic E-state index is 7.15. The second-order valence-corrected chi connectivity index (χ2v) is 15.6. The number of fused-ring (bicyclic) bond motifs is 16. The molecule has 0 N–H and O–H groups in total. The Labute approximate surface area is 320 Å². The number of hydrogen-bond acceptors (Lipinski definition) is 3. The van der Waals surface area contributed by atoms with Gasteiger partial charge in [0.25, 0.3) is 0 Å². The molecule has 3 heteroatoms. The monoisotopic (exact) mass is 705 g/mol. The summed E-state index contributed by atoms with van der Waals surface area (Å²) in [7, 11) is 0. The molecule has 0 aromatic heterocycles. The van der Waals surface area contributed by atoms with Gasteiger partial charge in [0, 0.05) is 28.3 Å². The highest BCUT2D eigenvalue weighted by molar-refractivity contribution is 5.98. The van der Waals surface area contributed by atoms with E-state index in [1.54, 1.807) is 0 Å². The Bertz CT molecular complexity index is 2880. The average Bonchev–Trinajstić information content (AvgIpc) is 3.80. The summed E-state index contributed by atoms with van der Waals surface area (Å²) >= 11 is 0.